The van der Waals surface area contributed by atoms with Gasteiger partial charge in [0.2, 0.25) is 11.9 Å². The van der Waals surface area contributed by atoms with Gasteiger partial charge in [-0.25, -0.2) is 19.9 Å². The molecule has 0 aliphatic carbocycles. The van der Waals surface area contributed by atoms with Crippen molar-refractivity contribution in [2.75, 3.05) is 5.32 Å². The summed E-state index contributed by atoms with van der Waals surface area (Å²) in [6.07, 6.45) is 7.74. The summed E-state index contributed by atoms with van der Waals surface area (Å²) < 4.78 is 2.95. The molecule has 0 unspecified atom stereocenters. The van der Waals surface area contributed by atoms with Crippen molar-refractivity contribution >= 4 is 11.6 Å². The SMILES string of the molecule is Cc1cc(=O)n(CC(=O)Nc2cnc(-n3ccnc3C)nc2)cn1. The molecule has 24 heavy (non-hydrogen) atoms. The molecule has 0 spiro atoms. The van der Waals surface area contributed by atoms with Gasteiger partial charge in [0.1, 0.15) is 12.4 Å². The maximum atomic E-state index is 12.0. The van der Waals surface area contributed by atoms with Crippen LogP contribution in [0.1, 0.15) is 11.5 Å². The summed E-state index contributed by atoms with van der Waals surface area (Å²) in [5.74, 6) is 0.859. The van der Waals surface area contributed by atoms with Crippen LogP contribution in [0.5, 0.6) is 0 Å². The molecule has 0 bridgehead atoms. The first-order chi connectivity index (χ1) is 11.5. The summed E-state index contributed by atoms with van der Waals surface area (Å²) in [5.41, 5.74) is 0.768. The molecule has 0 atom stereocenters. The molecule has 0 aromatic carbocycles. The van der Waals surface area contributed by atoms with E-state index in [-0.39, 0.29) is 18.0 Å². The molecule has 1 amide bonds. The van der Waals surface area contributed by atoms with E-state index in [0.717, 1.165) is 5.82 Å². The number of hydrogen-bond donors (Lipinski definition) is 1. The molecule has 0 saturated carbocycles. The van der Waals surface area contributed by atoms with E-state index in [1.807, 2.05) is 6.92 Å². The van der Waals surface area contributed by atoms with E-state index in [9.17, 15) is 9.59 Å². The van der Waals surface area contributed by atoms with E-state index in [4.69, 9.17) is 0 Å². The van der Waals surface area contributed by atoms with Crippen LogP contribution in [-0.2, 0) is 11.3 Å². The van der Waals surface area contributed by atoms with Gasteiger partial charge in [-0.05, 0) is 13.8 Å². The number of carbonyl (C=O) groups excluding carboxylic acids is 1. The second kappa shape index (κ2) is 6.41. The van der Waals surface area contributed by atoms with Gasteiger partial charge in [-0.3, -0.25) is 18.7 Å². The van der Waals surface area contributed by atoms with Gasteiger partial charge >= 0.3 is 0 Å². The predicted molar refractivity (Wildman–Crippen MR) is 85.8 cm³/mol. The van der Waals surface area contributed by atoms with Crippen molar-refractivity contribution in [1.29, 1.82) is 0 Å². The van der Waals surface area contributed by atoms with Crippen molar-refractivity contribution in [3.63, 3.8) is 0 Å². The van der Waals surface area contributed by atoms with Gasteiger partial charge in [0.15, 0.2) is 0 Å². The highest BCUT2D eigenvalue weighted by Gasteiger charge is 2.08. The lowest BCUT2D eigenvalue weighted by Gasteiger charge is -2.08. The number of carbonyl (C=O) groups is 1. The number of aryl methyl sites for hydroxylation is 2. The van der Waals surface area contributed by atoms with Crippen molar-refractivity contribution in [2.24, 2.45) is 0 Å². The Labute approximate surface area is 137 Å². The molecule has 0 aliphatic rings. The van der Waals surface area contributed by atoms with Gasteiger partial charge in [-0.2, -0.15) is 0 Å². The van der Waals surface area contributed by atoms with E-state index >= 15 is 0 Å². The molecule has 0 fully saturated rings. The highest BCUT2D eigenvalue weighted by molar-refractivity contribution is 5.90. The minimum absolute atomic E-state index is 0.130. The summed E-state index contributed by atoms with van der Waals surface area (Å²) in [4.78, 5) is 40.2. The number of nitrogens with zero attached hydrogens (tertiary/aromatic N) is 6. The van der Waals surface area contributed by atoms with Crippen molar-refractivity contribution in [3.05, 3.63) is 59.1 Å². The second-order valence-electron chi connectivity index (χ2n) is 5.16. The number of imidazole rings is 1. The Kier molecular flexibility index (Phi) is 4.15. The number of hydrogen-bond acceptors (Lipinski definition) is 6. The third-order valence-electron chi connectivity index (χ3n) is 3.29. The molecule has 9 nitrogen and oxygen atoms in total. The molecule has 122 valence electrons. The molecule has 3 heterocycles. The Balaban J connectivity index is 1.68. The van der Waals surface area contributed by atoms with Gasteiger partial charge in [0.25, 0.3) is 5.56 Å². The minimum atomic E-state index is -0.363. The average molecular weight is 325 g/mol. The van der Waals surface area contributed by atoms with Crippen molar-refractivity contribution in [2.45, 2.75) is 20.4 Å². The number of nitrogens with one attached hydrogen (secondary N) is 1. The molecular formula is C15H15N7O2. The Hall–Kier alpha value is -3.36. The van der Waals surface area contributed by atoms with E-state index in [2.05, 4.69) is 25.3 Å². The summed E-state index contributed by atoms with van der Waals surface area (Å²) in [5, 5.41) is 2.64. The Morgan fingerprint density at radius 2 is 1.92 bits per heavy atom. The predicted octanol–water partition coefficient (Wildman–Crippen LogP) is 0.475. The number of rotatable bonds is 4. The van der Waals surface area contributed by atoms with Crippen LogP contribution in [0.3, 0.4) is 0 Å². The molecule has 0 saturated heterocycles. The Bertz CT molecular complexity index is 927. The first-order valence-electron chi connectivity index (χ1n) is 7.18. The highest BCUT2D eigenvalue weighted by atomic mass is 16.2. The van der Waals surface area contributed by atoms with Crippen LogP contribution >= 0.6 is 0 Å². The van der Waals surface area contributed by atoms with Gasteiger partial charge in [-0.15, -0.1) is 0 Å². The van der Waals surface area contributed by atoms with E-state index in [0.29, 0.717) is 17.3 Å². The molecule has 1 N–H and O–H groups in total. The van der Waals surface area contributed by atoms with Crippen LogP contribution in [0.25, 0.3) is 5.95 Å². The number of anilines is 1. The number of amides is 1. The van der Waals surface area contributed by atoms with Crippen LogP contribution < -0.4 is 10.9 Å². The molecule has 3 aromatic rings. The van der Waals surface area contributed by atoms with Crippen molar-refractivity contribution in [1.82, 2.24) is 29.1 Å². The maximum Gasteiger partial charge on any atom is 0.253 e. The first kappa shape index (κ1) is 15.5. The monoisotopic (exact) mass is 325 g/mol. The molecule has 3 rings (SSSR count). The van der Waals surface area contributed by atoms with Crippen LogP contribution in [0.2, 0.25) is 0 Å². The zero-order valence-electron chi connectivity index (χ0n) is 13.2. The Morgan fingerprint density at radius 1 is 1.17 bits per heavy atom. The first-order valence-corrected chi connectivity index (χ1v) is 7.18. The molecular weight excluding hydrogens is 310 g/mol. The van der Waals surface area contributed by atoms with Crippen molar-refractivity contribution in [3.8, 4) is 5.95 Å². The summed E-state index contributed by atoms with van der Waals surface area (Å²) in [6, 6.07) is 1.37. The van der Waals surface area contributed by atoms with Gasteiger partial charge < -0.3 is 5.32 Å². The Morgan fingerprint density at radius 3 is 2.54 bits per heavy atom. The lowest BCUT2D eigenvalue weighted by atomic mass is 10.4. The third kappa shape index (κ3) is 3.35. The molecule has 0 radical (unpaired) electrons. The van der Waals surface area contributed by atoms with E-state index < -0.39 is 0 Å². The van der Waals surface area contributed by atoms with Crippen LogP contribution in [0.4, 0.5) is 5.69 Å². The smallest absolute Gasteiger partial charge is 0.253 e. The zero-order chi connectivity index (χ0) is 17.1. The largest absolute Gasteiger partial charge is 0.322 e. The molecule has 0 aliphatic heterocycles. The van der Waals surface area contributed by atoms with Crippen LogP contribution in [0, 0.1) is 13.8 Å². The van der Waals surface area contributed by atoms with Gasteiger partial charge in [0.05, 0.1) is 24.4 Å². The van der Waals surface area contributed by atoms with E-state index in [1.165, 1.54) is 29.4 Å². The highest BCUT2D eigenvalue weighted by Crippen LogP contribution is 2.08. The lowest BCUT2D eigenvalue weighted by Crippen LogP contribution is -2.27. The standard InChI is InChI=1S/C15H15N7O2/c1-10-5-14(24)21(9-19-10)8-13(23)20-12-6-17-15(18-7-12)22-4-3-16-11(22)2/h3-7,9H,8H2,1-2H3,(H,20,23). The van der Waals surface area contributed by atoms with E-state index in [1.54, 1.807) is 23.9 Å². The number of aromatic nitrogens is 6. The summed E-state index contributed by atoms with van der Waals surface area (Å²) >= 11 is 0. The summed E-state index contributed by atoms with van der Waals surface area (Å²) in [6.45, 7) is 3.42. The normalized spacial score (nSPS) is 10.6. The lowest BCUT2D eigenvalue weighted by molar-refractivity contribution is -0.116. The molecule has 3 aromatic heterocycles. The quantitative estimate of drug-likeness (QED) is 0.747. The van der Waals surface area contributed by atoms with Gasteiger partial charge in [-0.1, -0.05) is 0 Å². The molecule has 9 heteroatoms. The second-order valence-corrected chi connectivity index (χ2v) is 5.16. The zero-order valence-corrected chi connectivity index (χ0v) is 13.2. The minimum Gasteiger partial charge on any atom is -0.322 e. The average Bonchev–Trinajstić information content (AvgIpc) is 2.97. The van der Waals surface area contributed by atoms with Crippen LogP contribution in [0.15, 0.2) is 42.0 Å². The fraction of sp³-hybridized carbons (Fsp3) is 0.200. The van der Waals surface area contributed by atoms with Crippen molar-refractivity contribution < 1.29 is 4.79 Å². The van der Waals surface area contributed by atoms with Crippen LogP contribution in [-0.4, -0.2) is 35.0 Å². The topological polar surface area (TPSA) is 108 Å². The van der Waals surface area contributed by atoms with Gasteiger partial charge in [0, 0.05) is 24.2 Å². The third-order valence-corrected chi connectivity index (χ3v) is 3.29. The summed E-state index contributed by atoms with van der Waals surface area (Å²) in [7, 11) is 0. The maximum absolute atomic E-state index is 12.0. The fourth-order valence-corrected chi connectivity index (χ4v) is 2.09. The fourth-order valence-electron chi connectivity index (χ4n) is 2.09.